The number of nitrogens with zero attached hydrogens (tertiary/aromatic N) is 2. The van der Waals surface area contributed by atoms with Crippen molar-refractivity contribution >= 4 is 11.9 Å². The zero-order valence-corrected chi connectivity index (χ0v) is 10.8. The standard InChI is InChI=1S/C13H19N3O3/c17-12(5-4-10-8-14-15-9-10)16-6-2-1-3-11(16)7-13(18)19/h8-9,11H,1-7H2,(H,14,15)(H,18,19)/t11-/m0/s1. The average Bonchev–Trinajstić information content (AvgIpc) is 2.89. The van der Waals surface area contributed by atoms with Crippen molar-refractivity contribution in [1.82, 2.24) is 15.1 Å². The summed E-state index contributed by atoms with van der Waals surface area (Å²) in [6.07, 6.45) is 7.36. The lowest BCUT2D eigenvalue weighted by molar-refractivity contribution is -0.141. The number of aryl methyl sites for hydroxylation is 1. The molecule has 19 heavy (non-hydrogen) atoms. The van der Waals surface area contributed by atoms with E-state index in [1.165, 1.54) is 0 Å². The van der Waals surface area contributed by atoms with E-state index in [1.54, 1.807) is 17.3 Å². The number of rotatable bonds is 5. The number of aliphatic carboxylic acids is 1. The van der Waals surface area contributed by atoms with E-state index in [0.29, 0.717) is 19.4 Å². The molecule has 0 unspecified atom stereocenters. The second-order valence-electron chi connectivity index (χ2n) is 4.94. The lowest BCUT2D eigenvalue weighted by atomic mass is 9.98. The summed E-state index contributed by atoms with van der Waals surface area (Å²) in [6.45, 7) is 0.683. The van der Waals surface area contributed by atoms with Crippen LogP contribution >= 0.6 is 0 Å². The maximum Gasteiger partial charge on any atom is 0.305 e. The Morgan fingerprint density at radius 2 is 2.32 bits per heavy atom. The van der Waals surface area contributed by atoms with Gasteiger partial charge < -0.3 is 10.0 Å². The van der Waals surface area contributed by atoms with Gasteiger partial charge in [0.25, 0.3) is 0 Å². The molecule has 6 heteroatoms. The number of carboxylic acid groups (broad SMARTS) is 1. The summed E-state index contributed by atoms with van der Waals surface area (Å²) in [7, 11) is 0. The van der Waals surface area contributed by atoms with Crippen LogP contribution in [0, 0.1) is 0 Å². The van der Waals surface area contributed by atoms with E-state index in [4.69, 9.17) is 5.11 Å². The first-order valence-electron chi connectivity index (χ1n) is 6.65. The summed E-state index contributed by atoms with van der Waals surface area (Å²) in [5.41, 5.74) is 1.00. The first kappa shape index (κ1) is 13.6. The maximum absolute atomic E-state index is 12.2. The van der Waals surface area contributed by atoms with Gasteiger partial charge in [0.05, 0.1) is 12.6 Å². The van der Waals surface area contributed by atoms with Crippen LogP contribution in [0.15, 0.2) is 12.4 Å². The van der Waals surface area contributed by atoms with Crippen LogP contribution in [0.2, 0.25) is 0 Å². The highest BCUT2D eigenvalue weighted by Gasteiger charge is 2.27. The Morgan fingerprint density at radius 1 is 1.47 bits per heavy atom. The second kappa shape index (κ2) is 6.36. The highest BCUT2D eigenvalue weighted by molar-refractivity contribution is 5.78. The van der Waals surface area contributed by atoms with Crippen molar-refractivity contribution in [3.05, 3.63) is 18.0 Å². The van der Waals surface area contributed by atoms with Crippen LogP contribution in [-0.4, -0.2) is 44.7 Å². The summed E-state index contributed by atoms with van der Waals surface area (Å²) >= 11 is 0. The number of piperidine rings is 1. The number of aromatic nitrogens is 2. The minimum absolute atomic E-state index is 0.0483. The van der Waals surface area contributed by atoms with Crippen LogP contribution in [-0.2, 0) is 16.0 Å². The molecular weight excluding hydrogens is 246 g/mol. The molecule has 2 N–H and O–H groups in total. The average molecular weight is 265 g/mol. The predicted molar refractivity (Wildman–Crippen MR) is 68.5 cm³/mol. The normalized spacial score (nSPS) is 19.4. The number of aromatic amines is 1. The molecule has 6 nitrogen and oxygen atoms in total. The van der Waals surface area contributed by atoms with Gasteiger partial charge in [0.15, 0.2) is 0 Å². The zero-order valence-electron chi connectivity index (χ0n) is 10.8. The van der Waals surface area contributed by atoms with Crippen molar-refractivity contribution in [2.24, 2.45) is 0 Å². The molecule has 1 aliphatic rings. The topological polar surface area (TPSA) is 86.3 Å². The van der Waals surface area contributed by atoms with Crippen LogP contribution in [0.3, 0.4) is 0 Å². The number of carboxylic acids is 1. The molecule has 0 aliphatic carbocycles. The molecule has 2 heterocycles. The number of amides is 1. The molecule has 0 aromatic carbocycles. The number of H-pyrrole nitrogens is 1. The Balaban J connectivity index is 1.89. The number of hydrogen-bond acceptors (Lipinski definition) is 3. The second-order valence-corrected chi connectivity index (χ2v) is 4.94. The number of nitrogens with one attached hydrogen (secondary N) is 1. The van der Waals surface area contributed by atoms with Gasteiger partial charge in [-0.2, -0.15) is 5.10 Å². The van der Waals surface area contributed by atoms with Crippen LogP contribution in [0.5, 0.6) is 0 Å². The molecule has 1 aromatic heterocycles. The molecule has 0 radical (unpaired) electrons. The minimum atomic E-state index is -0.834. The molecule has 1 saturated heterocycles. The summed E-state index contributed by atoms with van der Waals surface area (Å²) in [5.74, 6) is -0.785. The van der Waals surface area contributed by atoms with Gasteiger partial charge >= 0.3 is 5.97 Å². The van der Waals surface area contributed by atoms with Crippen molar-refractivity contribution in [1.29, 1.82) is 0 Å². The first-order valence-corrected chi connectivity index (χ1v) is 6.65. The lowest BCUT2D eigenvalue weighted by Gasteiger charge is -2.35. The van der Waals surface area contributed by atoms with Crippen molar-refractivity contribution in [2.45, 2.75) is 44.6 Å². The monoisotopic (exact) mass is 265 g/mol. The van der Waals surface area contributed by atoms with Crippen LogP contribution in [0.25, 0.3) is 0 Å². The molecule has 1 aliphatic heterocycles. The number of carbonyl (C=O) groups excluding carboxylic acids is 1. The van der Waals surface area contributed by atoms with E-state index in [0.717, 1.165) is 24.8 Å². The summed E-state index contributed by atoms with van der Waals surface area (Å²) in [4.78, 5) is 24.8. The number of likely N-dealkylation sites (tertiary alicyclic amines) is 1. The first-order chi connectivity index (χ1) is 9.16. The quantitative estimate of drug-likeness (QED) is 0.837. The summed E-state index contributed by atoms with van der Waals surface area (Å²) in [5, 5.41) is 15.4. The number of hydrogen-bond donors (Lipinski definition) is 2. The predicted octanol–water partition coefficient (Wildman–Crippen LogP) is 1.20. The van der Waals surface area contributed by atoms with Gasteiger partial charge in [-0.25, -0.2) is 0 Å². The van der Waals surface area contributed by atoms with E-state index in [-0.39, 0.29) is 18.4 Å². The van der Waals surface area contributed by atoms with Crippen molar-refractivity contribution in [2.75, 3.05) is 6.54 Å². The molecule has 0 bridgehead atoms. The fourth-order valence-corrected chi connectivity index (χ4v) is 2.55. The van der Waals surface area contributed by atoms with Crippen molar-refractivity contribution in [3.63, 3.8) is 0 Å². The van der Waals surface area contributed by atoms with Crippen LogP contribution in [0.1, 0.15) is 37.7 Å². The van der Waals surface area contributed by atoms with Crippen molar-refractivity contribution in [3.8, 4) is 0 Å². The summed E-state index contributed by atoms with van der Waals surface area (Å²) < 4.78 is 0. The van der Waals surface area contributed by atoms with Crippen LogP contribution in [0.4, 0.5) is 0 Å². The smallest absolute Gasteiger partial charge is 0.305 e. The van der Waals surface area contributed by atoms with E-state index >= 15 is 0 Å². The lowest BCUT2D eigenvalue weighted by Crippen LogP contribution is -2.44. The highest BCUT2D eigenvalue weighted by atomic mass is 16.4. The molecule has 104 valence electrons. The molecule has 1 aromatic rings. The van der Waals surface area contributed by atoms with Gasteiger partial charge in [0, 0.05) is 25.2 Å². The Morgan fingerprint density at radius 3 is 3.00 bits per heavy atom. The molecule has 0 saturated carbocycles. The van der Waals surface area contributed by atoms with Crippen LogP contribution < -0.4 is 0 Å². The SMILES string of the molecule is O=C(O)C[C@@H]1CCCCN1C(=O)CCc1cn[nH]c1. The van der Waals surface area contributed by atoms with E-state index < -0.39 is 5.97 Å². The fraction of sp³-hybridized carbons (Fsp3) is 0.615. The molecular formula is C13H19N3O3. The third kappa shape index (κ3) is 3.81. The van der Waals surface area contributed by atoms with Crippen molar-refractivity contribution < 1.29 is 14.7 Å². The number of carbonyl (C=O) groups is 2. The third-order valence-corrected chi connectivity index (χ3v) is 3.54. The Hall–Kier alpha value is -1.85. The Kier molecular flexibility index (Phi) is 4.54. The minimum Gasteiger partial charge on any atom is -0.481 e. The molecule has 1 amide bonds. The highest BCUT2D eigenvalue weighted by Crippen LogP contribution is 2.21. The summed E-state index contributed by atoms with van der Waals surface area (Å²) in [6, 6.07) is -0.136. The van der Waals surface area contributed by atoms with E-state index in [2.05, 4.69) is 10.2 Å². The van der Waals surface area contributed by atoms with Gasteiger partial charge in [-0.3, -0.25) is 14.7 Å². The molecule has 2 rings (SSSR count). The van der Waals surface area contributed by atoms with E-state index in [1.807, 2.05) is 0 Å². The van der Waals surface area contributed by atoms with E-state index in [9.17, 15) is 9.59 Å². The Bertz CT molecular complexity index is 430. The van der Waals surface area contributed by atoms with Gasteiger partial charge in [0.1, 0.15) is 0 Å². The maximum atomic E-state index is 12.2. The molecule has 1 atom stereocenters. The fourth-order valence-electron chi connectivity index (χ4n) is 2.55. The molecule has 1 fully saturated rings. The van der Waals surface area contributed by atoms with Gasteiger partial charge in [0.2, 0.25) is 5.91 Å². The Labute approximate surface area is 111 Å². The van der Waals surface area contributed by atoms with Gasteiger partial charge in [-0.05, 0) is 31.2 Å². The van der Waals surface area contributed by atoms with Gasteiger partial charge in [-0.15, -0.1) is 0 Å². The zero-order chi connectivity index (χ0) is 13.7. The third-order valence-electron chi connectivity index (χ3n) is 3.54. The van der Waals surface area contributed by atoms with Gasteiger partial charge in [-0.1, -0.05) is 0 Å². The largest absolute Gasteiger partial charge is 0.481 e. The molecule has 0 spiro atoms.